The molecule has 1 aromatic rings. The fourth-order valence-corrected chi connectivity index (χ4v) is 2.25. The third-order valence-electron chi connectivity index (χ3n) is 3.37. The first-order chi connectivity index (χ1) is 7.59. The van der Waals surface area contributed by atoms with E-state index >= 15 is 0 Å². The second kappa shape index (κ2) is 3.98. The molecule has 0 radical (unpaired) electrons. The topological polar surface area (TPSA) is 44.5 Å². The van der Waals surface area contributed by atoms with Crippen molar-refractivity contribution in [3.05, 3.63) is 23.8 Å². The average molecular weight is 221 g/mol. The van der Waals surface area contributed by atoms with Gasteiger partial charge >= 0.3 is 0 Å². The van der Waals surface area contributed by atoms with Gasteiger partial charge in [0.15, 0.2) is 0 Å². The third-order valence-corrected chi connectivity index (χ3v) is 3.37. The molecule has 0 aromatic heterocycles. The van der Waals surface area contributed by atoms with Gasteiger partial charge in [-0.25, -0.2) is 0 Å². The van der Waals surface area contributed by atoms with E-state index in [9.17, 15) is 0 Å². The number of benzene rings is 1. The summed E-state index contributed by atoms with van der Waals surface area (Å²) in [5, 5.41) is 0. The fourth-order valence-electron chi connectivity index (χ4n) is 2.25. The highest BCUT2D eigenvalue weighted by atomic mass is 16.5. The molecule has 0 saturated heterocycles. The highest BCUT2D eigenvalue weighted by Crippen LogP contribution is 2.43. The zero-order valence-electron chi connectivity index (χ0n) is 10.1. The molecule has 2 N–H and O–H groups in total. The molecule has 1 aromatic carbocycles. The largest absolute Gasteiger partial charge is 0.496 e. The first kappa shape index (κ1) is 11.3. The van der Waals surface area contributed by atoms with Gasteiger partial charge in [-0.15, -0.1) is 0 Å². The number of hydrogen-bond donors (Lipinski definition) is 1. The Hall–Kier alpha value is -1.22. The van der Waals surface area contributed by atoms with E-state index in [0.29, 0.717) is 0 Å². The summed E-state index contributed by atoms with van der Waals surface area (Å²) in [6.45, 7) is 4.23. The summed E-state index contributed by atoms with van der Waals surface area (Å²) in [4.78, 5) is 0. The molecule has 3 heteroatoms. The number of fused-ring (bicyclic) bond motifs is 1. The smallest absolute Gasteiger partial charge is 0.128 e. The summed E-state index contributed by atoms with van der Waals surface area (Å²) in [7, 11) is 1.66. The lowest BCUT2D eigenvalue weighted by Gasteiger charge is -2.38. The zero-order chi connectivity index (χ0) is 11.8. The molecule has 2 unspecified atom stereocenters. The van der Waals surface area contributed by atoms with Gasteiger partial charge in [-0.05, 0) is 25.5 Å². The standard InChI is InChI=1S/C13H19NO2/c1-4-13(2)8-9(14)12-10(15-3)6-5-7-11(12)16-13/h5-7,9H,4,8,14H2,1-3H3. The van der Waals surface area contributed by atoms with Gasteiger partial charge in [0.2, 0.25) is 0 Å². The van der Waals surface area contributed by atoms with Crippen molar-refractivity contribution >= 4 is 0 Å². The Morgan fingerprint density at radius 2 is 2.31 bits per heavy atom. The van der Waals surface area contributed by atoms with E-state index in [1.807, 2.05) is 18.2 Å². The minimum atomic E-state index is -0.154. The van der Waals surface area contributed by atoms with Crippen LogP contribution in [0.3, 0.4) is 0 Å². The van der Waals surface area contributed by atoms with Crippen LogP contribution in [0.2, 0.25) is 0 Å². The molecule has 1 heterocycles. The summed E-state index contributed by atoms with van der Waals surface area (Å²) in [6.07, 6.45) is 1.79. The molecule has 2 atom stereocenters. The van der Waals surface area contributed by atoms with Crippen molar-refractivity contribution in [2.45, 2.75) is 38.3 Å². The van der Waals surface area contributed by atoms with Crippen LogP contribution in [0.1, 0.15) is 38.3 Å². The Kier molecular flexibility index (Phi) is 2.80. The molecule has 0 bridgehead atoms. The normalized spacial score (nSPS) is 28.1. The number of rotatable bonds is 2. The van der Waals surface area contributed by atoms with Crippen LogP contribution in [0, 0.1) is 0 Å². The zero-order valence-corrected chi connectivity index (χ0v) is 10.1. The van der Waals surface area contributed by atoms with Crippen LogP contribution >= 0.6 is 0 Å². The molecular weight excluding hydrogens is 202 g/mol. The highest BCUT2D eigenvalue weighted by molar-refractivity contribution is 5.48. The van der Waals surface area contributed by atoms with Gasteiger partial charge in [-0.3, -0.25) is 0 Å². The monoisotopic (exact) mass is 221 g/mol. The SMILES string of the molecule is CCC1(C)CC(N)c2c(OC)cccc2O1. The predicted molar refractivity (Wildman–Crippen MR) is 63.9 cm³/mol. The minimum Gasteiger partial charge on any atom is -0.496 e. The Bertz CT molecular complexity index is 392. The van der Waals surface area contributed by atoms with E-state index in [2.05, 4.69) is 13.8 Å². The van der Waals surface area contributed by atoms with Gasteiger partial charge in [0, 0.05) is 12.5 Å². The number of ether oxygens (including phenoxy) is 2. The van der Waals surface area contributed by atoms with Crippen molar-refractivity contribution in [2.24, 2.45) is 5.73 Å². The molecule has 0 aliphatic carbocycles. The van der Waals surface area contributed by atoms with Crippen molar-refractivity contribution in [3.63, 3.8) is 0 Å². The van der Waals surface area contributed by atoms with E-state index in [-0.39, 0.29) is 11.6 Å². The first-order valence-electron chi connectivity index (χ1n) is 5.71. The Balaban J connectivity index is 2.45. The van der Waals surface area contributed by atoms with Gasteiger partial charge < -0.3 is 15.2 Å². The summed E-state index contributed by atoms with van der Waals surface area (Å²) in [6, 6.07) is 5.82. The van der Waals surface area contributed by atoms with Gasteiger partial charge in [-0.1, -0.05) is 13.0 Å². The summed E-state index contributed by atoms with van der Waals surface area (Å²) < 4.78 is 11.3. The molecule has 0 fully saturated rings. The van der Waals surface area contributed by atoms with E-state index in [4.69, 9.17) is 15.2 Å². The second-order valence-corrected chi connectivity index (χ2v) is 4.59. The number of hydrogen-bond acceptors (Lipinski definition) is 3. The fraction of sp³-hybridized carbons (Fsp3) is 0.538. The lowest BCUT2D eigenvalue weighted by Crippen LogP contribution is -2.39. The van der Waals surface area contributed by atoms with Crippen molar-refractivity contribution in [3.8, 4) is 11.5 Å². The van der Waals surface area contributed by atoms with Crippen LogP contribution in [-0.4, -0.2) is 12.7 Å². The second-order valence-electron chi connectivity index (χ2n) is 4.59. The number of nitrogens with two attached hydrogens (primary N) is 1. The molecule has 0 spiro atoms. The number of methoxy groups -OCH3 is 1. The molecule has 1 aliphatic heterocycles. The summed E-state index contributed by atoms with van der Waals surface area (Å²) in [5.74, 6) is 1.69. The average Bonchev–Trinajstić information content (AvgIpc) is 2.27. The molecule has 16 heavy (non-hydrogen) atoms. The van der Waals surface area contributed by atoms with Crippen LogP contribution < -0.4 is 15.2 Å². The molecular formula is C13H19NO2. The predicted octanol–water partition coefficient (Wildman–Crippen LogP) is 2.65. The molecule has 2 rings (SSSR count). The van der Waals surface area contributed by atoms with Gasteiger partial charge in [0.05, 0.1) is 12.7 Å². The van der Waals surface area contributed by atoms with Crippen LogP contribution in [0.25, 0.3) is 0 Å². The summed E-state index contributed by atoms with van der Waals surface area (Å²) in [5.41, 5.74) is 7.06. The van der Waals surface area contributed by atoms with E-state index in [1.54, 1.807) is 7.11 Å². The highest BCUT2D eigenvalue weighted by Gasteiger charge is 2.35. The van der Waals surface area contributed by atoms with E-state index < -0.39 is 0 Å². The van der Waals surface area contributed by atoms with Crippen LogP contribution in [0.5, 0.6) is 11.5 Å². The molecule has 1 aliphatic rings. The molecule has 0 amide bonds. The Morgan fingerprint density at radius 3 is 2.94 bits per heavy atom. The maximum atomic E-state index is 6.21. The molecule has 3 nitrogen and oxygen atoms in total. The van der Waals surface area contributed by atoms with Crippen LogP contribution in [0.15, 0.2) is 18.2 Å². The summed E-state index contributed by atoms with van der Waals surface area (Å²) >= 11 is 0. The minimum absolute atomic E-state index is 0.00940. The third kappa shape index (κ3) is 1.76. The molecule has 88 valence electrons. The van der Waals surface area contributed by atoms with Crippen molar-refractivity contribution in [2.75, 3.05) is 7.11 Å². The quantitative estimate of drug-likeness (QED) is 0.835. The van der Waals surface area contributed by atoms with Gasteiger partial charge in [-0.2, -0.15) is 0 Å². The first-order valence-corrected chi connectivity index (χ1v) is 5.71. The lowest BCUT2D eigenvalue weighted by atomic mass is 9.87. The Labute approximate surface area is 96.5 Å². The van der Waals surface area contributed by atoms with Gasteiger partial charge in [0.1, 0.15) is 17.1 Å². The van der Waals surface area contributed by atoms with Gasteiger partial charge in [0.25, 0.3) is 0 Å². The molecule has 0 saturated carbocycles. The van der Waals surface area contributed by atoms with Crippen molar-refractivity contribution in [1.82, 2.24) is 0 Å². The van der Waals surface area contributed by atoms with E-state index in [0.717, 1.165) is 29.9 Å². The Morgan fingerprint density at radius 1 is 1.56 bits per heavy atom. The van der Waals surface area contributed by atoms with E-state index in [1.165, 1.54) is 0 Å². The van der Waals surface area contributed by atoms with Crippen LogP contribution in [0.4, 0.5) is 0 Å². The van der Waals surface area contributed by atoms with Crippen molar-refractivity contribution in [1.29, 1.82) is 0 Å². The maximum absolute atomic E-state index is 6.21. The van der Waals surface area contributed by atoms with Crippen LogP contribution in [-0.2, 0) is 0 Å². The van der Waals surface area contributed by atoms with Crippen molar-refractivity contribution < 1.29 is 9.47 Å². The maximum Gasteiger partial charge on any atom is 0.128 e. The lowest BCUT2D eigenvalue weighted by molar-refractivity contribution is 0.0493.